The molecule has 1 unspecified atom stereocenters. The molecule has 0 aromatic heterocycles. The lowest BCUT2D eigenvalue weighted by molar-refractivity contribution is -0.115. The number of morpholine rings is 1. The number of rotatable bonds is 8. The van der Waals surface area contributed by atoms with E-state index in [9.17, 15) is 13.2 Å². The highest BCUT2D eigenvalue weighted by Gasteiger charge is 2.29. The summed E-state index contributed by atoms with van der Waals surface area (Å²) in [5.41, 5.74) is 3.65. The number of nitrogens with one attached hydrogen (secondary N) is 1. The number of anilines is 3. The second kappa shape index (κ2) is 10.3. The van der Waals surface area contributed by atoms with Gasteiger partial charge in [-0.2, -0.15) is 4.31 Å². The topological polar surface area (TPSA) is 82.2 Å². The number of amides is 1. The van der Waals surface area contributed by atoms with E-state index >= 15 is 0 Å². The molecule has 9 heteroatoms. The zero-order valence-corrected chi connectivity index (χ0v) is 21.0. The summed E-state index contributed by atoms with van der Waals surface area (Å²) < 4.78 is 33.2. The number of ether oxygens (including phenoxy) is 1. The predicted octanol–water partition coefficient (Wildman–Crippen LogP) is 2.94. The van der Waals surface area contributed by atoms with Crippen molar-refractivity contribution in [2.24, 2.45) is 0 Å². The second-order valence-electron chi connectivity index (χ2n) is 8.73. The lowest BCUT2D eigenvalue weighted by atomic mass is 10.1. The molecule has 184 valence electrons. The van der Waals surface area contributed by atoms with Crippen molar-refractivity contribution in [2.75, 3.05) is 61.1 Å². The average Bonchev–Trinajstić information content (AvgIpc) is 3.16. The molecule has 8 nitrogen and oxygen atoms in total. The van der Waals surface area contributed by atoms with Gasteiger partial charge in [-0.15, -0.1) is 0 Å². The normalized spacial score (nSPS) is 18.6. The Kier molecular flexibility index (Phi) is 7.45. The summed E-state index contributed by atoms with van der Waals surface area (Å²) in [6.45, 7) is 9.30. The Bertz CT molecular complexity index is 1130. The number of hydrogen-bond acceptors (Lipinski definition) is 6. The molecule has 1 atom stereocenters. The van der Waals surface area contributed by atoms with E-state index in [1.165, 1.54) is 9.87 Å². The van der Waals surface area contributed by atoms with E-state index in [0.29, 0.717) is 32.0 Å². The van der Waals surface area contributed by atoms with Crippen LogP contribution in [0.15, 0.2) is 47.4 Å². The number of carbonyl (C=O) groups excluding carboxylic acids is 1. The second-order valence-corrected chi connectivity index (χ2v) is 10.7. The van der Waals surface area contributed by atoms with E-state index < -0.39 is 10.0 Å². The molecule has 1 saturated heterocycles. The first-order valence-electron chi connectivity index (χ1n) is 12.0. The van der Waals surface area contributed by atoms with Gasteiger partial charge in [-0.3, -0.25) is 4.79 Å². The molecule has 4 rings (SSSR count). The molecular formula is C25H34N4O4S. The van der Waals surface area contributed by atoms with Crippen LogP contribution in [0, 0.1) is 0 Å². The van der Waals surface area contributed by atoms with Crippen molar-refractivity contribution in [1.82, 2.24) is 4.31 Å². The van der Waals surface area contributed by atoms with Gasteiger partial charge in [0.1, 0.15) is 0 Å². The Labute approximate surface area is 202 Å². The van der Waals surface area contributed by atoms with Gasteiger partial charge in [-0.1, -0.05) is 18.2 Å². The monoisotopic (exact) mass is 486 g/mol. The summed E-state index contributed by atoms with van der Waals surface area (Å²) in [6.07, 6.45) is 0.904. The van der Waals surface area contributed by atoms with Crippen molar-refractivity contribution in [2.45, 2.75) is 38.1 Å². The van der Waals surface area contributed by atoms with Crippen molar-refractivity contribution in [1.29, 1.82) is 0 Å². The van der Waals surface area contributed by atoms with Gasteiger partial charge in [0.15, 0.2) is 0 Å². The van der Waals surface area contributed by atoms with E-state index in [-0.39, 0.29) is 23.4 Å². The first-order valence-corrected chi connectivity index (χ1v) is 13.4. The number of para-hydroxylation sites is 1. The van der Waals surface area contributed by atoms with Gasteiger partial charge >= 0.3 is 0 Å². The van der Waals surface area contributed by atoms with Gasteiger partial charge in [-0.25, -0.2) is 8.42 Å². The molecule has 0 spiro atoms. The van der Waals surface area contributed by atoms with Crippen molar-refractivity contribution in [3.8, 4) is 0 Å². The van der Waals surface area contributed by atoms with E-state index in [1.54, 1.807) is 18.2 Å². The highest BCUT2D eigenvalue weighted by Crippen LogP contribution is 2.33. The SMILES string of the molecule is CCN(CC)c1ccc(S(=O)(=O)N2CCOCC2)cc1NC(=O)CN1c2ccccc2CC1C. The number of hydrogen-bond donors (Lipinski definition) is 1. The molecule has 2 aliphatic rings. The third kappa shape index (κ3) is 4.92. The average molecular weight is 487 g/mol. The van der Waals surface area contributed by atoms with Crippen LogP contribution >= 0.6 is 0 Å². The molecule has 34 heavy (non-hydrogen) atoms. The minimum atomic E-state index is -3.67. The minimum Gasteiger partial charge on any atom is -0.379 e. The Morgan fingerprint density at radius 1 is 1.12 bits per heavy atom. The van der Waals surface area contributed by atoms with Gasteiger partial charge < -0.3 is 19.9 Å². The van der Waals surface area contributed by atoms with Crippen LogP contribution in [0.3, 0.4) is 0 Å². The van der Waals surface area contributed by atoms with Crippen LogP contribution in [0.5, 0.6) is 0 Å². The van der Waals surface area contributed by atoms with Crippen LogP contribution in [0.2, 0.25) is 0 Å². The van der Waals surface area contributed by atoms with E-state index in [4.69, 9.17) is 4.74 Å². The number of carbonyl (C=O) groups is 1. The summed E-state index contributed by atoms with van der Waals surface area (Å²) in [5.74, 6) is -0.169. The van der Waals surface area contributed by atoms with Gasteiger partial charge in [0.25, 0.3) is 0 Å². The Morgan fingerprint density at radius 2 is 1.82 bits per heavy atom. The van der Waals surface area contributed by atoms with Crippen molar-refractivity contribution in [3.05, 3.63) is 48.0 Å². The zero-order valence-electron chi connectivity index (χ0n) is 20.2. The maximum absolute atomic E-state index is 13.2. The van der Waals surface area contributed by atoms with E-state index in [1.807, 2.05) is 32.0 Å². The molecule has 0 aliphatic carbocycles. The summed E-state index contributed by atoms with van der Waals surface area (Å²) in [5, 5.41) is 3.02. The molecule has 2 aromatic carbocycles. The molecule has 1 N–H and O–H groups in total. The van der Waals surface area contributed by atoms with Crippen LogP contribution < -0.4 is 15.1 Å². The largest absolute Gasteiger partial charge is 0.379 e. The fourth-order valence-corrected chi connectivity index (χ4v) is 6.20. The Balaban J connectivity index is 1.61. The van der Waals surface area contributed by atoms with Crippen LogP contribution in [0.25, 0.3) is 0 Å². The standard InChI is InChI=1S/C25H34N4O4S/c1-4-27(5-2)24-11-10-21(34(31,32)28-12-14-33-15-13-28)17-22(24)26-25(30)18-29-19(3)16-20-8-6-7-9-23(20)29/h6-11,17,19H,4-5,12-16,18H2,1-3H3,(H,26,30). The molecule has 1 amide bonds. The number of benzene rings is 2. The number of sulfonamides is 1. The third-order valence-electron chi connectivity index (χ3n) is 6.62. The van der Waals surface area contributed by atoms with E-state index in [2.05, 4.69) is 28.1 Å². The summed E-state index contributed by atoms with van der Waals surface area (Å²) in [4.78, 5) is 17.6. The van der Waals surface area contributed by atoms with Gasteiger partial charge in [0.2, 0.25) is 15.9 Å². The maximum atomic E-state index is 13.2. The lowest BCUT2D eigenvalue weighted by Crippen LogP contribution is -2.40. The first kappa shape index (κ1) is 24.5. The van der Waals surface area contributed by atoms with Gasteiger partial charge in [0, 0.05) is 37.9 Å². The van der Waals surface area contributed by atoms with Crippen LogP contribution in [0.4, 0.5) is 17.1 Å². The third-order valence-corrected chi connectivity index (χ3v) is 8.51. The quantitative estimate of drug-likeness (QED) is 0.618. The summed E-state index contributed by atoms with van der Waals surface area (Å²) in [6, 6.07) is 13.4. The Morgan fingerprint density at radius 3 is 2.53 bits per heavy atom. The predicted molar refractivity (Wildman–Crippen MR) is 135 cm³/mol. The summed E-state index contributed by atoms with van der Waals surface area (Å²) >= 11 is 0. The molecule has 2 aromatic rings. The zero-order chi connectivity index (χ0) is 24.3. The first-order chi connectivity index (χ1) is 16.3. The van der Waals surface area contributed by atoms with E-state index in [0.717, 1.165) is 30.9 Å². The minimum absolute atomic E-state index is 0.169. The highest BCUT2D eigenvalue weighted by molar-refractivity contribution is 7.89. The van der Waals surface area contributed by atoms with Crippen molar-refractivity contribution >= 4 is 33.0 Å². The number of fused-ring (bicyclic) bond motifs is 1. The molecule has 2 heterocycles. The fourth-order valence-electron chi connectivity index (χ4n) is 4.77. The Hall–Kier alpha value is -2.62. The fraction of sp³-hybridized carbons (Fsp3) is 0.480. The molecule has 2 aliphatic heterocycles. The maximum Gasteiger partial charge on any atom is 0.243 e. The molecular weight excluding hydrogens is 452 g/mol. The smallest absolute Gasteiger partial charge is 0.243 e. The van der Waals surface area contributed by atoms with Gasteiger partial charge in [0.05, 0.1) is 36.0 Å². The van der Waals surface area contributed by atoms with Gasteiger partial charge in [-0.05, 0) is 57.0 Å². The van der Waals surface area contributed by atoms with Crippen LogP contribution in [-0.2, 0) is 26.0 Å². The number of nitrogens with zero attached hydrogens (tertiary/aromatic N) is 3. The molecule has 0 saturated carbocycles. The van der Waals surface area contributed by atoms with Crippen LogP contribution in [-0.4, -0.2) is 70.6 Å². The van der Waals surface area contributed by atoms with Crippen molar-refractivity contribution < 1.29 is 17.9 Å². The highest BCUT2D eigenvalue weighted by atomic mass is 32.2. The van der Waals surface area contributed by atoms with Crippen LogP contribution in [0.1, 0.15) is 26.3 Å². The molecule has 0 bridgehead atoms. The lowest BCUT2D eigenvalue weighted by Gasteiger charge is -2.28. The molecule has 0 radical (unpaired) electrons. The van der Waals surface area contributed by atoms with Crippen molar-refractivity contribution in [3.63, 3.8) is 0 Å². The molecule has 1 fully saturated rings. The summed E-state index contributed by atoms with van der Waals surface area (Å²) in [7, 11) is -3.67.